The summed E-state index contributed by atoms with van der Waals surface area (Å²) in [7, 11) is 0. The minimum Gasteiger partial charge on any atom is -0.330 e. The first-order chi connectivity index (χ1) is 8.76. The molecule has 0 radical (unpaired) electrons. The standard InChI is InChI=1S/C14H22N4/c1-3-8-18-13-6-7-16-10-12(13)17-14(18)5-4-11(2)9-15/h6-7,10-11H,3-5,8-9,15H2,1-2H3. The summed E-state index contributed by atoms with van der Waals surface area (Å²) in [5, 5.41) is 0. The molecule has 0 spiro atoms. The van der Waals surface area contributed by atoms with Crippen LogP contribution in [0.25, 0.3) is 11.0 Å². The molecule has 2 rings (SSSR count). The number of aryl methyl sites for hydroxylation is 2. The minimum atomic E-state index is 0.554. The Labute approximate surface area is 108 Å². The highest BCUT2D eigenvalue weighted by Gasteiger charge is 2.11. The van der Waals surface area contributed by atoms with Gasteiger partial charge < -0.3 is 10.3 Å². The van der Waals surface area contributed by atoms with Crippen molar-refractivity contribution in [2.45, 2.75) is 39.7 Å². The van der Waals surface area contributed by atoms with Gasteiger partial charge >= 0.3 is 0 Å². The van der Waals surface area contributed by atoms with E-state index in [2.05, 4.69) is 23.4 Å². The number of hydrogen-bond donors (Lipinski definition) is 1. The van der Waals surface area contributed by atoms with Gasteiger partial charge in [-0.15, -0.1) is 0 Å². The monoisotopic (exact) mass is 246 g/mol. The molecule has 0 fully saturated rings. The van der Waals surface area contributed by atoms with Crippen LogP contribution in [0.3, 0.4) is 0 Å². The van der Waals surface area contributed by atoms with Crippen LogP contribution in [0.15, 0.2) is 18.5 Å². The number of fused-ring (bicyclic) bond motifs is 1. The van der Waals surface area contributed by atoms with Crippen LogP contribution in [0.5, 0.6) is 0 Å². The Hall–Kier alpha value is -1.42. The lowest BCUT2D eigenvalue weighted by Crippen LogP contribution is -2.13. The van der Waals surface area contributed by atoms with Crippen molar-refractivity contribution in [3.05, 3.63) is 24.3 Å². The molecule has 2 aromatic rings. The molecule has 98 valence electrons. The third kappa shape index (κ3) is 2.70. The number of imidazole rings is 1. The fourth-order valence-corrected chi connectivity index (χ4v) is 2.19. The molecule has 18 heavy (non-hydrogen) atoms. The summed E-state index contributed by atoms with van der Waals surface area (Å²) >= 11 is 0. The molecule has 0 aliphatic heterocycles. The van der Waals surface area contributed by atoms with Crippen LogP contribution in [0, 0.1) is 5.92 Å². The van der Waals surface area contributed by atoms with E-state index in [4.69, 9.17) is 10.7 Å². The normalized spacial score (nSPS) is 13.1. The van der Waals surface area contributed by atoms with E-state index in [9.17, 15) is 0 Å². The van der Waals surface area contributed by atoms with Crippen LogP contribution < -0.4 is 5.73 Å². The van der Waals surface area contributed by atoms with Crippen LogP contribution >= 0.6 is 0 Å². The van der Waals surface area contributed by atoms with Crippen LogP contribution in [-0.4, -0.2) is 21.1 Å². The van der Waals surface area contributed by atoms with Gasteiger partial charge in [0.2, 0.25) is 0 Å². The van der Waals surface area contributed by atoms with Crippen molar-refractivity contribution in [2.24, 2.45) is 11.7 Å². The molecule has 0 bridgehead atoms. The van der Waals surface area contributed by atoms with Crippen molar-refractivity contribution in [1.29, 1.82) is 0 Å². The number of nitrogens with two attached hydrogens (primary N) is 1. The molecule has 2 N–H and O–H groups in total. The lowest BCUT2D eigenvalue weighted by atomic mass is 10.1. The van der Waals surface area contributed by atoms with Gasteiger partial charge in [-0.25, -0.2) is 4.98 Å². The molecule has 0 aliphatic rings. The second-order valence-electron chi connectivity index (χ2n) is 4.92. The van der Waals surface area contributed by atoms with Gasteiger partial charge in [0.15, 0.2) is 0 Å². The van der Waals surface area contributed by atoms with E-state index in [1.165, 1.54) is 11.3 Å². The van der Waals surface area contributed by atoms with Crippen LogP contribution in [-0.2, 0) is 13.0 Å². The molecular formula is C14H22N4. The third-order valence-corrected chi connectivity index (χ3v) is 3.34. The van der Waals surface area contributed by atoms with Crippen molar-refractivity contribution in [1.82, 2.24) is 14.5 Å². The van der Waals surface area contributed by atoms with E-state index in [1.807, 2.05) is 18.5 Å². The molecule has 4 heteroatoms. The Morgan fingerprint density at radius 2 is 2.28 bits per heavy atom. The van der Waals surface area contributed by atoms with Crippen LogP contribution in [0.4, 0.5) is 0 Å². The first kappa shape index (κ1) is 13.0. The topological polar surface area (TPSA) is 56.7 Å². The number of hydrogen-bond acceptors (Lipinski definition) is 3. The average Bonchev–Trinajstić information content (AvgIpc) is 2.75. The molecule has 1 atom stereocenters. The summed E-state index contributed by atoms with van der Waals surface area (Å²) in [6, 6.07) is 2.05. The molecular weight excluding hydrogens is 224 g/mol. The molecule has 0 amide bonds. The second kappa shape index (κ2) is 5.96. The zero-order chi connectivity index (χ0) is 13.0. The van der Waals surface area contributed by atoms with Crippen molar-refractivity contribution < 1.29 is 0 Å². The van der Waals surface area contributed by atoms with E-state index in [0.717, 1.165) is 37.9 Å². The summed E-state index contributed by atoms with van der Waals surface area (Å²) in [6.45, 7) is 6.15. The van der Waals surface area contributed by atoms with Gasteiger partial charge in [0.25, 0.3) is 0 Å². The fourth-order valence-electron chi connectivity index (χ4n) is 2.19. The van der Waals surface area contributed by atoms with Gasteiger partial charge in [-0.05, 0) is 31.4 Å². The van der Waals surface area contributed by atoms with Gasteiger partial charge in [-0.2, -0.15) is 0 Å². The summed E-state index contributed by atoms with van der Waals surface area (Å²) in [4.78, 5) is 8.84. The zero-order valence-electron chi connectivity index (χ0n) is 11.3. The van der Waals surface area contributed by atoms with Crippen molar-refractivity contribution in [3.8, 4) is 0 Å². The molecule has 4 nitrogen and oxygen atoms in total. The Balaban J connectivity index is 2.27. The highest BCUT2D eigenvalue weighted by Crippen LogP contribution is 2.17. The summed E-state index contributed by atoms with van der Waals surface area (Å²) in [6.07, 6.45) is 6.89. The van der Waals surface area contributed by atoms with Gasteiger partial charge in [-0.3, -0.25) is 4.98 Å². The summed E-state index contributed by atoms with van der Waals surface area (Å²) in [5.41, 5.74) is 7.87. The van der Waals surface area contributed by atoms with Crippen molar-refractivity contribution in [3.63, 3.8) is 0 Å². The second-order valence-corrected chi connectivity index (χ2v) is 4.92. The van der Waals surface area contributed by atoms with Gasteiger partial charge in [-0.1, -0.05) is 13.8 Å². The number of aromatic nitrogens is 3. The smallest absolute Gasteiger partial charge is 0.109 e. The van der Waals surface area contributed by atoms with E-state index in [-0.39, 0.29) is 0 Å². The Morgan fingerprint density at radius 1 is 1.44 bits per heavy atom. The van der Waals surface area contributed by atoms with E-state index in [0.29, 0.717) is 5.92 Å². The van der Waals surface area contributed by atoms with Crippen molar-refractivity contribution >= 4 is 11.0 Å². The quantitative estimate of drug-likeness (QED) is 0.851. The van der Waals surface area contributed by atoms with Gasteiger partial charge in [0.05, 0.1) is 11.7 Å². The van der Waals surface area contributed by atoms with E-state index >= 15 is 0 Å². The Morgan fingerprint density at radius 3 is 3.00 bits per heavy atom. The maximum absolute atomic E-state index is 5.67. The first-order valence-corrected chi connectivity index (χ1v) is 6.75. The first-order valence-electron chi connectivity index (χ1n) is 6.75. The molecule has 2 heterocycles. The predicted molar refractivity (Wildman–Crippen MR) is 74.4 cm³/mol. The Kier molecular flexibility index (Phi) is 4.31. The number of pyridine rings is 1. The molecule has 1 unspecified atom stereocenters. The van der Waals surface area contributed by atoms with Crippen LogP contribution in [0.1, 0.15) is 32.5 Å². The molecule has 0 saturated carbocycles. The highest BCUT2D eigenvalue weighted by atomic mass is 15.1. The largest absolute Gasteiger partial charge is 0.330 e. The van der Waals surface area contributed by atoms with Crippen molar-refractivity contribution in [2.75, 3.05) is 6.54 Å². The molecule has 0 aliphatic carbocycles. The highest BCUT2D eigenvalue weighted by molar-refractivity contribution is 5.74. The summed E-state index contributed by atoms with van der Waals surface area (Å²) < 4.78 is 2.32. The summed E-state index contributed by atoms with van der Waals surface area (Å²) in [5.74, 6) is 1.72. The molecule has 2 aromatic heterocycles. The zero-order valence-corrected chi connectivity index (χ0v) is 11.3. The number of rotatable bonds is 6. The van der Waals surface area contributed by atoms with Crippen LogP contribution in [0.2, 0.25) is 0 Å². The minimum absolute atomic E-state index is 0.554. The van der Waals surface area contributed by atoms with E-state index in [1.54, 1.807) is 0 Å². The average molecular weight is 246 g/mol. The Bertz CT molecular complexity index is 503. The SMILES string of the molecule is CCCn1c(CCC(C)CN)nc2cnccc21. The maximum Gasteiger partial charge on any atom is 0.109 e. The molecule has 0 saturated heterocycles. The number of nitrogens with zero attached hydrogens (tertiary/aromatic N) is 3. The lowest BCUT2D eigenvalue weighted by molar-refractivity contribution is 0.523. The third-order valence-electron chi connectivity index (χ3n) is 3.34. The maximum atomic E-state index is 5.67. The van der Waals surface area contributed by atoms with Gasteiger partial charge in [0.1, 0.15) is 11.3 Å². The predicted octanol–water partition coefficient (Wildman–Crippen LogP) is 2.37. The fraction of sp³-hybridized carbons (Fsp3) is 0.571. The van der Waals surface area contributed by atoms with Gasteiger partial charge in [0, 0.05) is 19.2 Å². The molecule has 0 aromatic carbocycles. The van der Waals surface area contributed by atoms with E-state index < -0.39 is 0 Å². The lowest BCUT2D eigenvalue weighted by Gasteiger charge is -2.10.